The lowest BCUT2D eigenvalue weighted by Crippen LogP contribution is -2.18. The molecule has 2 aromatic carbocycles. The van der Waals surface area contributed by atoms with Gasteiger partial charge in [0.2, 0.25) is 5.75 Å². The molecule has 108 valence electrons. The average Bonchev–Trinajstić information content (AvgIpc) is 2.51. The molecular formula is C15H13NO5. The number of aromatic hydroxyl groups is 3. The van der Waals surface area contributed by atoms with Gasteiger partial charge in [0.25, 0.3) is 5.91 Å². The maximum Gasteiger partial charge on any atom is 0.251 e. The van der Waals surface area contributed by atoms with Crippen molar-refractivity contribution in [2.45, 2.75) is 0 Å². The number of carbonyl (C=O) groups excluding carboxylic acids is 2. The molecule has 4 N–H and O–H groups in total. The van der Waals surface area contributed by atoms with Crippen LogP contribution in [-0.4, -0.2) is 34.1 Å². The van der Waals surface area contributed by atoms with Gasteiger partial charge in [-0.05, 0) is 24.3 Å². The molecule has 0 radical (unpaired) electrons. The molecule has 0 saturated carbocycles. The minimum absolute atomic E-state index is 0.167. The molecule has 2 rings (SSSR count). The molecule has 1 amide bonds. The first-order valence-corrected chi connectivity index (χ1v) is 6.06. The van der Waals surface area contributed by atoms with E-state index < -0.39 is 23.0 Å². The molecular weight excluding hydrogens is 274 g/mol. The summed E-state index contributed by atoms with van der Waals surface area (Å²) in [5.74, 6) is -2.91. The molecule has 0 aliphatic rings. The Morgan fingerprint density at radius 2 is 1.62 bits per heavy atom. The number of amides is 1. The molecule has 6 heteroatoms. The second-order valence-corrected chi connectivity index (χ2v) is 4.32. The van der Waals surface area contributed by atoms with Crippen molar-refractivity contribution in [2.75, 3.05) is 7.05 Å². The lowest BCUT2D eigenvalue weighted by atomic mass is 10.00. The van der Waals surface area contributed by atoms with Crippen LogP contribution in [0.3, 0.4) is 0 Å². The van der Waals surface area contributed by atoms with Crippen molar-refractivity contribution in [1.82, 2.24) is 5.32 Å². The number of hydrogen-bond donors (Lipinski definition) is 4. The third-order valence-corrected chi connectivity index (χ3v) is 2.99. The molecule has 0 aliphatic heterocycles. The third kappa shape index (κ3) is 2.64. The minimum Gasteiger partial charge on any atom is -0.504 e. The second-order valence-electron chi connectivity index (χ2n) is 4.32. The van der Waals surface area contributed by atoms with Gasteiger partial charge in [-0.25, -0.2) is 0 Å². The highest BCUT2D eigenvalue weighted by Crippen LogP contribution is 2.37. The van der Waals surface area contributed by atoms with Crippen LogP contribution in [0.1, 0.15) is 26.3 Å². The molecule has 0 unspecified atom stereocenters. The Labute approximate surface area is 120 Å². The highest BCUT2D eigenvalue weighted by Gasteiger charge is 2.19. The molecule has 0 bridgehead atoms. The fourth-order valence-electron chi connectivity index (χ4n) is 1.85. The highest BCUT2D eigenvalue weighted by atomic mass is 16.3. The van der Waals surface area contributed by atoms with Crippen molar-refractivity contribution >= 4 is 11.7 Å². The first-order valence-electron chi connectivity index (χ1n) is 6.06. The van der Waals surface area contributed by atoms with Crippen molar-refractivity contribution < 1.29 is 24.9 Å². The van der Waals surface area contributed by atoms with Crippen LogP contribution in [0.5, 0.6) is 17.2 Å². The summed E-state index contributed by atoms with van der Waals surface area (Å²) in [6.07, 6.45) is 0. The third-order valence-electron chi connectivity index (χ3n) is 2.99. The number of nitrogens with one attached hydrogen (secondary N) is 1. The molecule has 21 heavy (non-hydrogen) atoms. The maximum atomic E-state index is 12.3. The number of phenolic OH excluding ortho intramolecular Hbond substituents is 3. The van der Waals surface area contributed by atoms with Gasteiger partial charge in [0, 0.05) is 18.2 Å². The number of phenols is 3. The van der Waals surface area contributed by atoms with Crippen LogP contribution in [0.25, 0.3) is 0 Å². The van der Waals surface area contributed by atoms with Gasteiger partial charge in [0.1, 0.15) is 0 Å². The molecule has 2 aromatic rings. The lowest BCUT2D eigenvalue weighted by Gasteiger charge is -2.08. The van der Waals surface area contributed by atoms with E-state index in [0.717, 1.165) is 6.07 Å². The standard InChI is InChI=1S/C15H13NO5/c1-16-15(21)9-4-2-3-8(7-9)12(18)10-5-6-11(17)14(20)13(10)19/h2-7,17,19-20H,1H3,(H,16,21). The number of rotatable bonds is 3. The molecule has 0 heterocycles. The van der Waals surface area contributed by atoms with Gasteiger partial charge in [-0.15, -0.1) is 0 Å². The summed E-state index contributed by atoms with van der Waals surface area (Å²) in [4.78, 5) is 23.9. The van der Waals surface area contributed by atoms with Crippen LogP contribution in [0.2, 0.25) is 0 Å². The van der Waals surface area contributed by atoms with E-state index in [0.29, 0.717) is 5.56 Å². The predicted molar refractivity (Wildman–Crippen MR) is 74.7 cm³/mol. The van der Waals surface area contributed by atoms with Crippen LogP contribution in [-0.2, 0) is 0 Å². The van der Waals surface area contributed by atoms with Crippen LogP contribution in [0.4, 0.5) is 0 Å². The minimum atomic E-state index is -0.761. The first kappa shape index (κ1) is 14.4. The van der Waals surface area contributed by atoms with E-state index in [1.165, 1.54) is 31.3 Å². The topological polar surface area (TPSA) is 107 Å². The lowest BCUT2D eigenvalue weighted by molar-refractivity contribution is 0.0963. The summed E-state index contributed by atoms with van der Waals surface area (Å²) in [5.41, 5.74) is 0.307. The summed E-state index contributed by atoms with van der Waals surface area (Å²) >= 11 is 0. The number of hydrogen-bond acceptors (Lipinski definition) is 5. The van der Waals surface area contributed by atoms with Gasteiger partial charge in [-0.1, -0.05) is 12.1 Å². The summed E-state index contributed by atoms with van der Waals surface area (Å²) in [6.45, 7) is 0. The zero-order valence-corrected chi connectivity index (χ0v) is 11.1. The van der Waals surface area contributed by atoms with Crippen LogP contribution in [0.15, 0.2) is 36.4 Å². The molecule has 0 aliphatic carbocycles. The molecule has 0 atom stereocenters. The SMILES string of the molecule is CNC(=O)c1cccc(C(=O)c2ccc(O)c(O)c2O)c1. The van der Waals surface area contributed by atoms with E-state index in [9.17, 15) is 24.9 Å². The van der Waals surface area contributed by atoms with Crippen molar-refractivity contribution in [3.8, 4) is 17.2 Å². The summed E-state index contributed by atoms with van der Waals surface area (Å²) in [5, 5.41) is 30.9. The molecule has 0 spiro atoms. The van der Waals surface area contributed by atoms with Gasteiger partial charge in [0.15, 0.2) is 17.3 Å². The van der Waals surface area contributed by atoms with E-state index in [-0.39, 0.29) is 17.0 Å². The molecule has 0 aromatic heterocycles. The van der Waals surface area contributed by atoms with Crippen molar-refractivity contribution in [1.29, 1.82) is 0 Å². The monoisotopic (exact) mass is 287 g/mol. The Morgan fingerprint density at radius 1 is 0.952 bits per heavy atom. The van der Waals surface area contributed by atoms with Crippen LogP contribution in [0, 0.1) is 0 Å². The maximum absolute atomic E-state index is 12.3. The van der Waals surface area contributed by atoms with E-state index in [1.54, 1.807) is 6.07 Å². The predicted octanol–water partition coefficient (Wildman–Crippen LogP) is 1.39. The molecule has 6 nitrogen and oxygen atoms in total. The normalized spacial score (nSPS) is 10.1. The summed E-state index contributed by atoms with van der Waals surface area (Å²) in [6, 6.07) is 8.24. The van der Waals surface area contributed by atoms with Gasteiger partial charge >= 0.3 is 0 Å². The number of ketones is 1. The van der Waals surface area contributed by atoms with E-state index in [4.69, 9.17) is 0 Å². The molecule has 0 saturated heterocycles. The Morgan fingerprint density at radius 3 is 2.29 bits per heavy atom. The fourth-order valence-corrected chi connectivity index (χ4v) is 1.85. The van der Waals surface area contributed by atoms with E-state index in [2.05, 4.69) is 5.32 Å². The van der Waals surface area contributed by atoms with Gasteiger partial charge < -0.3 is 20.6 Å². The average molecular weight is 287 g/mol. The van der Waals surface area contributed by atoms with E-state index >= 15 is 0 Å². The fraction of sp³-hybridized carbons (Fsp3) is 0.0667. The Bertz CT molecular complexity index is 724. The zero-order chi connectivity index (χ0) is 15.6. The Hall–Kier alpha value is -3.02. The Kier molecular flexibility index (Phi) is 3.80. The van der Waals surface area contributed by atoms with Gasteiger partial charge in [0.05, 0.1) is 5.56 Å². The van der Waals surface area contributed by atoms with E-state index in [1.807, 2.05) is 0 Å². The number of benzene rings is 2. The van der Waals surface area contributed by atoms with Gasteiger partial charge in [-0.2, -0.15) is 0 Å². The quantitative estimate of drug-likeness (QED) is 0.504. The smallest absolute Gasteiger partial charge is 0.251 e. The largest absolute Gasteiger partial charge is 0.504 e. The first-order chi connectivity index (χ1) is 9.95. The highest BCUT2D eigenvalue weighted by molar-refractivity contribution is 6.12. The zero-order valence-electron chi connectivity index (χ0n) is 11.1. The number of carbonyl (C=O) groups is 2. The summed E-state index contributed by atoms with van der Waals surface area (Å²) < 4.78 is 0. The second kappa shape index (κ2) is 5.54. The van der Waals surface area contributed by atoms with Crippen molar-refractivity contribution in [3.05, 3.63) is 53.1 Å². The van der Waals surface area contributed by atoms with Gasteiger partial charge in [-0.3, -0.25) is 9.59 Å². The van der Waals surface area contributed by atoms with Crippen LogP contribution >= 0.6 is 0 Å². The van der Waals surface area contributed by atoms with Crippen molar-refractivity contribution in [3.63, 3.8) is 0 Å². The van der Waals surface area contributed by atoms with Crippen LogP contribution < -0.4 is 5.32 Å². The molecule has 0 fully saturated rings. The summed E-state index contributed by atoms with van der Waals surface area (Å²) in [7, 11) is 1.47. The van der Waals surface area contributed by atoms with Crippen molar-refractivity contribution in [2.24, 2.45) is 0 Å². The Balaban J connectivity index is 2.46.